The molecule has 0 spiro atoms. The maximum atomic E-state index is 12.4. The number of hydrogen-bond donors (Lipinski definition) is 1. The van der Waals surface area contributed by atoms with E-state index in [0.29, 0.717) is 17.7 Å². The van der Waals surface area contributed by atoms with Crippen LogP contribution in [-0.2, 0) is 14.3 Å². The van der Waals surface area contributed by atoms with Gasteiger partial charge in [0, 0.05) is 16.7 Å². The molecule has 0 aliphatic carbocycles. The monoisotopic (exact) mass is 263 g/mol. The summed E-state index contributed by atoms with van der Waals surface area (Å²) in [5, 5.41) is 2.48. The van der Waals surface area contributed by atoms with E-state index in [1.807, 2.05) is 0 Å². The van der Waals surface area contributed by atoms with Crippen molar-refractivity contribution in [3.05, 3.63) is 29.8 Å². The molecule has 0 aromatic heterocycles. The SMILES string of the molecule is COC(=O)CC(C)(C)C(=O)c1cccc(NC=O)c1. The van der Waals surface area contributed by atoms with E-state index in [4.69, 9.17) is 0 Å². The van der Waals surface area contributed by atoms with Crippen LogP contribution in [-0.4, -0.2) is 25.3 Å². The number of anilines is 1. The molecule has 1 N–H and O–H groups in total. The first-order chi connectivity index (χ1) is 8.90. The topological polar surface area (TPSA) is 72.5 Å². The first kappa shape index (κ1) is 14.9. The molecule has 0 saturated heterocycles. The van der Waals surface area contributed by atoms with Gasteiger partial charge in [-0.1, -0.05) is 26.0 Å². The summed E-state index contributed by atoms with van der Waals surface area (Å²) in [4.78, 5) is 34.0. The van der Waals surface area contributed by atoms with Crippen molar-refractivity contribution in [2.75, 3.05) is 12.4 Å². The molecule has 1 aromatic rings. The highest BCUT2D eigenvalue weighted by atomic mass is 16.5. The van der Waals surface area contributed by atoms with Crippen LogP contribution in [0.25, 0.3) is 0 Å². The number of nitrogens with one attached hydrogen (secondary N) is 1. The fraction of sp³-hybridized carbons (Fsp3) is 0.357. The Bertz CT molecular complexity index is 494. The van der Waals surface area contributed by atoms with Crippen LogP contribution >= 0.6 is 0 Å². The summed E-state index contributed by atoms with van der Waals surface area (Å²) in [5.74, 6) is -0.604. The second-order valence-electron chi connectivity index (χ2n) is 4.81. The second-order valence-corrected chi connectivity index (χ2v) is 4.81. The Hall–Kier alpha value is -2.17. The summed E-state index contributed by atoms with van der Waals surface area (Å²) in [6, 6.07) is 6.58. The molecule has 0 bridgehead atoms. The van der Waals surface area contributed by atoms with Crippen LogP contribution in [0.5, 0.6) is 0 Å². The summed E-state index contributed by atoms with van der Waals surface area (Å²) in [7, 11) is 1.29. The van der Waals surface area contributed by atoms with Gasteiger partial charge in [-0.15, -0.1) is 0 Å². The van der Waals surface area contributed by atoms with Crippen molar-refractivity contribution in [3.63, 3.8) is 0 Å². The number of hydrogen-bond acceptors (Lipinski definition) is 4. The van der Waals surface area contributed by atoms with Gasteiger partial charge >= 0.3 is 5.97 Å². The standard InChI is InChI=1S/C14H17NO4/c1-14(2,8-12(17)19-3)13(18)10-5-4-6-11(7-10)15-9-16/h4-7,9H,8H2,1-3H3,(H,15,16). The number of ether oxygens (including phenoxy) is 1. The van der Waals surface area contributed by atoms with Gasteiger partial charge in [0.25, 0.3) is 0 Å². The number of rotatable bonds is 6. The Morgan fingerprint density at radius 1 is 1.37 bits per heavy atom. The summed E-state index contributed by atoms with van der Waals surface area (Å²) in [6.45, 7) is 3.37. The predicted octanol–water partition coefficient (Wildman–Crippen LogP) is 2.03. The molecule has 0 fully saturated rings. The van der Waals surface area contributed by atoms with Gasteiger partial charge in [0.15, 0.2) is 5.78 Å². The van der Waals surface area contributed by atoms with Crippen LogP contribution in [0.4, 0.5) is 5.69 Å². The normalized spacial score (nSPS) is 10.7. The first-order valence-corrected chi connectivity index (χ1v) is 5.82. The Labute approximate surface area is 111 Å². The number of Topliss-reactive ketones (excluding diaryl/α,β-unsaturated/α-hetero) is 1. The van der Waals surface area contributed by atoms with E-state index in [2.05, 4.69) is 10.1 Å². The highest BCUT2D eigenvalue weighted by Gasteiger charge is 2.31. The molecule has 0 aliphatic heterocycles. The molecular formula is C14H17NO4. The lowest BCUT2D eigenvalue weighted by atomic mass is 9.81. The van der Waals surface area contributed by atoms with Gasteiger partial charge in [0.05, 0.1) is 13.5 Å². The lowest BCUT2D eigenvalue weighted by Crippen LogP contribution is -2.28. The summed E-state index contributed by atoms with van der Waals surface area (Å²) in [6.07, 6.45) is 0.552. The van der Waals surface area contributed by atoms with Crippen molar-refractivity contribution in [2.45, 2.75) is 20.3 Å². The Morgan fingerprint density at radius 2 is 2.05 bits per heavy atom. The highest BCUT2D eigenvalue weighted by Crippen LogP contribution is 2.27. The molecule has 0 saturated carbocycles. The minimum Gasteiger partial charge on any atom is -0.469 e. The average molecular weight is 263 g/mol. The highest BCUT2D eigenvalue weighted by molar-refractivity contribution is 6.02. The van der Waals surface area contributed by atoms with E-state index in [0.717, 1.165) is 0 Å². The fourth-order valence-corrected chi connectivity index (χ4v) is 1.72. The van der Waals surface area contributed by atoms with Crippen LogP contribution in [0, 0.1) is 5.41 Å². The van der Waals surface area contributed by atoms with Gasteiger partial charge in [0.2, 0.25) is 6.41 Å². The number of amides is 1. The lowest BCUT2D eigenvalue weighted by Gasteiger charge is -2.21. The van der Waals surface area contributed by atoms with Gasteiger partial charge in [-0.3, -0.25) is 14.4 Å². The van der Waals surface area contributed by atoms with Crippen LogP contribution in [0.2, 0.25) is 0 Å². The molecule has 5 nitrogen and oxygen atoms in total. The summed E-state index contributed by atoms with van der Waals surface area (Å²) in [5.41, 5.74) is 0.128. The van der Waals surface area contributed by atoms with E-state index < -0.39 is 11.4 Å². The quantitative estimate of drug-likeness (QED) is 0.484. The zero-order chi connectivity index (χ0) is 14.5. The van der Waals surface area contributed by atoms with Crippen molar-refractivity contribution in [1.29, 1.82) is 0 Å². The summed E-state index contributed by atoms with van der Waals surface area (Å²) < 4.78 is 4.58. The molecule has 0 heterocycles. The Balaban J connectivity index is 2.95. The molecule has 1 rings (SSSR count). The number of carbonyl (C=O) groups is 3. The Morgan fingerprint density at radius 3 is 2.63 bits per heavy atom. The third-order valence-electron chi connectivity index (χ3n) is 2.78. The molecule has 102 valence electrons. The van der Waals surface area contributed by atoms with Gasteiger partial charge in [-0.05, 0) is 12.1 Å². The third-order valence-corrected chi connectivity index (χ3v) is 2.78. The number of esters is 1. The molecule has 0 aliphatic rings. The first-order valence-electron chi connectivity index (χ1n) is 5.82. The molecule has 0 radical (unpaired) electrons. The van der Waals surface area contributed by atoms with Crippen LogP contribution in [0.15, 0.2) is 24.3 Å². The van der Waals surface area contributed by atoms with E-state index in [1.54, 1.807) is 38.1 Å². The molecular weight excluding hydrogens is 246 g/mol. The van der Waals surface area contributed by atoms with Crippen molar-refractivity contribution >= 4 is 23.9 Å². The fourth-order valence-electron chi connectivity index (χ4n) is 1.72. The number of methoxy groups -OCH3 is 1. The van der Waals surface area contributed by atoms with Crippen LogP contribution < -0.4 is 5.32 Å². The second kappa shape index (κ2) is 6.13. The third kappa shape index (κ3) is 3.91. The van der Waals surface area contributed by atoms with E-state index in [9.17, 15) is 14.4 Å². The largest absolute Gasteiger partial charge is 0.469 e. The predicted molar refractivity (Wildman–Crippen MR) is 70.9 cm³/mol. The van der Waals surface area contributed by atoms with Crippen LogP contribution in [0.3, 0.4) is 0 Å². The van der Waals surface area contributed by atoms with E-state index in [1.165, 1.54) is 7.11 Å². The van der Waals surface area contributed by atoms with Crippen LogP contribution in [0.1, 0.15) is 30.6 Å². The minimum atomic E-state index is -0.854. The summed E-state index contributed by atoms with van der Waals surface area (Å²) >= 11 is 0. The smallest absolute Gasteiger partial charge is 0.306 e. The van der Waals surface area contributed by atoms with Gasteiger partial charge in [-0.2, -0.15) is 0 Å². The zero-order valence-corrected chi connectivity index (χ0v) is 11.2. The molecule has 5 heteroatoms. The van der Waals surface area contributed by atoms with E-state index in [-0.39, 0.29) is 12.2 Å². The molecule has 1 aromatic carbocycles. The molecule has 19 heavy (non-hydrogen) atoms. The Kier molecular flexibility index (Phi) is 4.80. The molecule has 0 unspecified atom stereocenters. The van der Waals surface area contributed by atoms with Gasteiger partial charge < -0.3 is 10.1 Å². The minimum absolute atomic E-state index is 0.00761. The lowest BCUT2D eigenvalue weighted by molar-refractivity contribution is -0.142. The van der Waals surface area contributed by atoms with Gasteiger partial charge in [0.1, 0.15) is 0 Å². The maximum absolute atomic E-state index is 12.4. The zero-order valence-electron chi connectivity index (χ0n) is 11.2. The van der Waals surface area contributed by atoms with Gasteiger partial charge in [-0.25, -0.2) is 0 Å². The molecule has 0 atom stereocenters. The number of carbonyl (C=O) groups excluding carboxylic acids is 3. The number of ketones is 1. The van der Waals surface area contributed by atoms with Crippen molar-refractivity contribution in [3.8, 4) is 0 Å². The number of benzene rings is 1. The van der Waals surface area contributed by atoms with E-state index >= 15 is 0 Å². The van der Waals surface area contributed by atoms with Crippen molar-refractivity contribution in [1.82, 2.24) is 0 Å². The van der Waals surface area contributed by atoms with Crippen molar-refractivity contribution in [2.24, 2.45) is 5.41 Å². The maximum Gasteiger partial charge on any atom is 0.306 e. The average Bonchev–Trinajstić information content (AvgIpc) is 2.38. The molecule has 1 amide bonds. The van der Waals surface area contributed by atoms with Crippen molar-refractivity contribution < 1.29 is 19.1 Å².